The minimum absolute atomic E-state index is 0.0620. The number of carbonyl (C=O) groups is 2. The number of hydrazine groups is 1. The van der Waals surface area contributed by atoms with E-state index in [2.05, 4.69) is 0 Å². The lowest BCUT2D eigenvalue weighted by Gasteiger charge is -2.26. The molecule has 1 saturated heterocycles. The van der Waals surface area contributed by atoms with Gasteiger partial charge in [-0.25, -0.2) is 16.8 Å². The van der Waals surface area contributed by atoms with Crippen LogP contribution in [0.2, 0.25) is 0 Å². The van der Waals surface area contributed by atoms with E-state index < -0.39 is 31.9 Å². The van der Waals surface area contributed by atoms with Crippen molar-refractivity contribution in [3.63, 3.8) is 0 Å². The van der Waals surface area contributed by atoms with Gasteiger partial charge in [0.2, 0.25) is 10.0 Å². The van der Waals surface area contributed by atoms with Gasteiger partial charge in [0.1, 0.15) is 0 Å². The minimum Gasteiger partial charge on any atom is -0.545 e. The number of sulfonamides is 2. The smallest absolute Gasteiger partial charge is 0.266 e. The quantitative estimate of drug-likeness (QED) is 0.530. The second-order valence-electron chi connectivity index (χ2n) is 7.76. The fourth-order valence-corrected chi connectivity index (χ4v) is 6.26. The number of piperidine rings is 1. The molecule has 12 heteroatoms. The Morgan fingerprint density at radius 2 is 1.61 bits per heavy atom. The Balaban J connectivity index is 1.80. The molecule has 2 aromatic rings. The average molecular weight is 495 g/mol. The fraction of sp³-hybridized carbons (Fsp3) is 0.333. The van der Waals surface area contributed by atoms with Crippen LogP contribution < -0.4 is 15.4 Å². The molecule has 1 aliphatic rings. The van der Waals surface area contributed by atoms with Crippen LogP contribution in [0.4, 0.5) is 0 Å². The number of hydrogen-bond donors (Lipinski definition) is 2. The summed E-state index contributed by atoms with van der Waals surface area (Å²) in [7, 11) is -8.10. The molecule has 3 rings (SSSR count). The third-order valence-electron chi connectivity index (χ3n) is 5.49. The first kappa shape index (κ1) is 24.8. The molecule has 33 heavy (non-hydrogen) atoms. The molecule has 1 amide bonds. The van der Waals surface area contributed by atoms with Gasteiger partial charge in [0.15, 0.2) is 0 Å². The number of carboxylic acids is 1. The third-order valence-corrected chi connectivity index (χ3v) is 8.76. The molecule has 2 aromatic carbocycles. The van der Waals surface area contributed by atoms with E-state index in [-0.39, 0.29) is 20.9 Å². The Bertz CT molecular complexity index is 1300. The van der Waals surface area contributed by atoms with Crippen LogP contribution in [0.1, 0.15) is 51.1 Å². The summed E-state index contributed by atoms with van der Waals surface area (Å²) in [5.74, 6) is -2.41. The van der Waals surface area contributed by atoms with Crippen molar-refractivity contribution in [2.24, 2.45) is 0 Å². The maximum absolute atomic E-state index is 12.9. The van der Waals surface area contributed by atoms with Gasteiger partial charge in [-0.05, 0) is 73.7 Å². The molecular formula is C21H24N3O7S2-. The first-order valence-corrected chi connectivity index (χ1v) is 13.1. The Labute approximate surface area is 192 Å². The van der Waals surface area contributed by atoms with Crippen molar-refractivity contribution in [2.75, 3.05) is 13.1 Å². The largest absolute Gasteiger partial charge is 0.545 e. The molecule has 1 aliphatic heterocycles. The van der Waals surface area contributed by atoms with Gasteiger partial charge < -0.3 is 9.90 Å². The number of hydrogen-bond acceptors (Lipinski definition) is 7. The molecule has 2 N–H and O–H groups in total. The van der Waals surface area contributed by atoms with E-state index in [1.165, 1.54) is 41.6 Å². The molecule has 0 spiro atoms. The van der Waals surface area contributed by atoms with Gasteiger partial charge in [0, 0.05) is 18.7 Å². The van der Waals surface area contributed by atoms with Crippen LogP contribution >= 0.6 is 0 Å². The number of carbonyl (C=O) groups excluding carboxylic acids is 2. The van der Waals surface area contributed by atoms with Crippen LogP contribution in [0.5, 0.6) is 0 Å². The van der Waals surface area contributed by atoms with Gasteiger partial charge in [0.25, 0.3) is 15.9 Å². The second kappa shape index (κ2) is 9.59. The lowest BCUT2D eigenvalue weighted by Crippen LogP contribution is -2.42. The Morgan fingerprint density at radius 3 is 2.24 bits per heavy atom. The van der Waals surface area contributed by atoms with Crippen LogP contribution in [-0.4, -0.2) is 46.1 Å². The molecule has 0 saturated carbocycles. The zero-order valence-corrected chi connectivity index (χ0v) is 19.8. The van der Waals surface area contributed by atoms with Crippen molar-refractivity contribution in [1.82, 2.24) is 14.6 Å². The molecule has 1 fully saturated rings. The average Bonchev–Trinajstić information content (AvgIpc) is 2.79. The van der Waals surface area contributed by atoms with Crippen molar-refractivity contribution in [3.05, 3.63) is 58.7 Å². The van der Waals surface area contributed by atoms with Crippen molar-refractivity contribution in [2.45, 2.75) is 42.9 Å². The van der Waals surface area contributed by atoms with Crippen LogP contribution in [0.15, 0.2) is 46.2 Å². The maximum Gasteiger partial charge on any atom is 0.266 e. The molecule has 1 heterocycles. The van der Waals surface area contributed by atoms with E-state index in [9.17, 15) is 31.5 Å². The van der Waals surface area contributed by atoms with Gasteiger partial charge in [-0.3, -0.25) is 10.2 Å². The van der Waals surface area contributed by atoms with Gasteiger partial charge in [-0.15, -0.1) is 4.83 Å². The monoisotopic (exact) mass is 494 g/mol. The molecule has 0 aromatic heterocycles. The van der Waals surface area contributed by atoms with E-state index in [0.717, 1.165) is 25.3 Å². The predicted octanol–water partition coefficient (Wildman–Crippen LogP) is 0.465. The SMILES string of the molecule is Cc1cc(C(=O)[O-])cc(S(=O)(=O)NNC(=O)c2cccc(S(=O)(=O)N3CCCCC3)c2)c1C. The Morgan fingerprint density at radius 1 is 0.939 bits per heavy atom. The van der Waals surface area contributed by atoms with E-state index in [1.54, 1.807) is 6.92 Å². The number of amides is 1. The summed E-state index contributed by atoms with van der Waals surface area (Å²) in [6.45, 7) is 3.86. The highest BCUT2D eigenvalue weighted by molar-refractivity contribution is 7.89. The van der Waals surface area contributed by atoms with Crippen LogP contribution in [0, 0.1) is 13.8 Å². The first-order chi connectivity index (χ1) is 15.4. The highest BCUT2D eigenvalue weighted by atomic mass is 32.2. The molecule has 10 nitrogen and oxygen atoms in total. The van der Waals surface area contributed by atoms with Gasteiger partial charge >= 0.3 is 0 Å². The van der Waals surface area contributed by atoms with Crippen molar-refractivity contribution >= 4 is 31.9 Å². The van der Waals surface area contributed by atoms with Crippen molar-refractivity contribution in [1.29, 1.82) is 0 Å². The van der Waals surface area contributed by atoms with Gasteiger partial charge in [-0.1, -0.05) is 12.5 Å². The zero-order chi connectivity index (χ0) is 24.4. The number of benzene rings is 2. The number of nitrogens with one attached hydrogen (secondary N) is 2. The second-order valence-corrected chi connectivity index (χ2v) is 11.3. The summed E-state index contributed by atoms with van der Waals surface area (Å²) in [6.07, 6.45) is 2.48. The lowest BCUT2D eigenvalue weighted by molar-refractivity contribution is -0.255. The summed E-state index contributed by atoms with van der Waals surface area (Å²) in [5.41, 5.74) is 2.38. The first-order valence-electron chi connectivity index (χ1n) is 10.2. The lowest BCUT2D eigenvalue weighted by atomic mass is 10.1. The number of aromatic carboxylic acids is 1. The number of aryl methyl sites for hydroxylation is 1. The summed E-state index contributed by atoms with van der Waals surface area (Å²) in [5, 5.41) is 11.2. The topological polar surface area (TPSA) is 153 Å². The highest BCUT2D eigenvalue weighted by Gasteiger charge is 2.27. The Kier molecular flexibility index (Phi) is 7.22. The van der Waals surface area contributed by atoms with Crippen molar-refractivity contribution < 1.29 is 31.5 Å². The van der Waals surface area contributed by atoms with Crippen LogP contribution in [0.25, 0.3) is 0 Å². The van der Waals surface area contributed by atoms with Crippen LogP contribution in [0.3, 0.4) is 0 Å². The summed E-state index contributed by atoms with van der Waals surface area (Å²) < 4.78 is 52.5. The zero-order valence-electron chi connectivity index (χ0n) is 18.1. The fourth-order valence-electron chi connectivity index (χ4n) is 3.52. The number of carboxylic acid groups (broad SMARTS) is 1. The standard InChI is InChI=1S/C21H25N3O7S2/c1-14-11-17(21(26)27)13-19(15(14)2)32(28,29)23-22-20(25)16-7-6-8-18(12-16)33(30,31)24-9-4-3-5-10-24/h6-8,11-13,23H,3-5,9-10H2,1-2H3,(H,22,25)(H,26,27)/p-1. The molecular weight excluding hydrogens is 470 g/mol. The third kappa shape index (κ3) is 5.41. The number of rotatable bonds is 7. The molecule has 0 aliphatic carbocycles. The van der Waals surface area contributed by atoms with E-state index in [0.29, 0.717) is 24.2 Å². The highest BCUT2D eigenvalue weighted by Crippen LogP contribution is 2.22. The summed E-state index contributed by atoms with van der Waals surface area (Å²) >= 11 is 0. The summed E-state index contributed by atoms with van der Waals surface area (Å²) in [6, 6.07) is 7.54. The van der Waals surface area contributed by atoms with Crippen molar-refractivity contribution in [3.8, 4) is 0 Å². The van der Waals surface area contributed by atoms with Gasteiger partial charge in [0.05, 0.1) is 15.8 Å². The number of nitrogens with zero attached hydrogens (tertiary/aromatic N) is 1. The van der Waals surface area contributed by atoms with E-state index >= 15 is 0 Å². The normalized spacial score (nSPS) is 15.2. The molecule has 0 radical (unpaired) electrons. The predicted molar refractivity (Wildman–Crippen MR) is 117 cm³/mol. The molecule has 178 valence electrons. The minimum atomic E-state index is -4.33. The maximum atomic E-state index is 12.9. The van der Waals surface area contributed by atoms with E-state index in [4.69, 9.17) is 0 Å². The van der Waals surface area contributed by atoms with E-state index in [1.807, 2.05) is 10.3 Å². The molecule has 0 unspecified atom stereocenters. The molecule has 0 atom stereocenters. The van der Waals surface area contributed by atoms with Gasteiger partial charge in [-0.2, -0.15) is 4.31 Å². The Hall–Kier alpha value is -2.80. The molecule has 0 bridgehead atoms. The summed E-state index contributed by atoms with van der Waals surface area (Å²) in [4.78, 5) is 25.3. The van der Waals surface area contributed by atoms with Crippen LogP contribution in [-0.2, 0) is 20.0 Å².